The van der Waals surface area contributed by atoms with Crippen molar-refractivity contribution < 1.29 is 4.74 Å². The van der Waals surface area contributed by atoms with E-state index in [0.29, 0.717) is 12.0 Å². The molecule has 0 spiro atoms. The van der Waals surface area contributed by atoms with E-state index < -0.39 is 0 Å². The molecule has 1 saturated heterocycles. The summed E-state index contributed by atoms with van der Waals surface area (Å²) in [5, 5.41) is 7.84. The number of fused-ring (bicyclic) bond motifs is 1. The third-order valence-electron chi connectivity index (χ3n) is 5.14. The van der Waals surface area contributed by atoms with Crippen LogP contribution in [0.25, 0.3) is 22.0 Å². The molecule has 1 atom stereocenters. The molecule has 3 aromatic carbocycles. The Morgan fingerprint density at radius 1 is 0.862 bits per heavy atom. The number of ether oxygens (including phenoxy) is 1. The Hall–Kier alpha value is -3.44. The molecule has 0 saturated carbocycles. The molecule has 1 aliphatic heterocycles. The van der Waals surface area contributed by atoms with Gasteiger partial charge in [0, 0.05) is 35.1 Å². The number of anilines is 3. The van der Waals surface area contributed by atoms with Crippen molar-refractivity contribution in [3.63, 3.8) is 0 Å². The van der Waals surface area contributed by atoms with E-state index in [1.807, 2.05) is 48.7 Å². The molecule has 5 rings (SSSR count). The molecule has 1 aliphatic rings. The van der Waals surface area contributed by atoms with Gasteiger partial charge < -0.3 is 15.4 Å². The molecule has 2 heterocycles. The average molecular weight is 382 g/mol. The standard InChI is InChI=1S/C24H22N4O/c1-2-5-17(6-3-1)22-8-4-7-18-15-25-24(28-23(18)22)27-20-11-9-19(10-12-20)26-21-13-14-29-16-21/h1-12,15,21,26H,13-14,16H2,(H,25,27,28). The lowest BCUT2D eigenvalue weighted by molar-refractivity contribution is 0.195. The quantitative estimate of drug-likeness (QED) is 0.494. The molecule has 5 nitrogen and oxygen atoms in total. The minimum absolute atomic E-state index is 0.397. The van der Waals surface area contributed by atoms with Crippen molar-refractivity contribution in [2.75, 3.05) is 23.8 Å². The van der Waals surface area contributed by atoms with Gasteiger partial charge in [0.15, 0.2) is 0 Å². The van der Waals surface area contributed by atoms with E-state index in [9.17, 15) is 0 Å². The molecule has 5 heteroatoms. The Labute approximate surface area is 169 Å². The normalized spacial score (nSPS) is 16.1. The summed E-state index contributed by atoms with van der Waals surface area (Å²) in [4.78, 5) is 9.29. The van der Waals surface area contributed by atoms with Crippen LogP contribution >= 0.6 is 0 Å². The van der Waals surface area contributed by atoms with Gasteiger partial charge in [-0.05, 0) is 36.2 Å². The van der Waals surface area contributed by atoms with Crippen LogP contribution in [0.1, 0.15) is 6.42 Å². The molecule has 1 aromatic heterocycles. The maximum absolute atomic E-state index is 5.42. The van der Waals surface area contributed by atoms with E-state index in [0.717, 1.165) is 53.0 Å². The van der Waals surface area contributed by atoms with Crippen LogP contribution < -0.4 is 10.6 Å². The summed E-state index contributed by atoms with van der Waals surface area (Å²) in [5.74, 6) is 0.589. The maximum atomic E-state index is 5.42. The predicted molar refractivity (Wildman–Crippen MR) is 118 cm³/mol. The van der Waals surface area contributed by atoms with Crippen LogP contribution in [0.2, 0.25) is 0 Å². The molecule has 0 radical (unpaired) electrons. The molecule has 1 unspecified atom stereocenters. The minimum atomic E-state index is 0.397. The highest BCUT2D eigenvalue weighted by molar-refractivity contribution is 5.93. The fourth-order valence-electron chi connectivity index (χ4n) is 3.63. The van der Waals surface area contributed by atoms with Crippen LogP contribution in [0.5, 0.6) is 0 Å². The number of hydrogen-bond acceptors (Lipinski definition) is 5. The van der Waals surface area contributed by atoms with E-state index in [2.05, 4.69) is 45.9 Å². The van der Waals surface area contributed by atoms with Crippen molar-refractivity contribution in [2.24, 2.45) is 0 Å². The van der Waals surface area contributed by atoms with Gasteiger partial charge in [-0.2, -0.15) is 0 Å². The summed E-state index contributed by atoms with van der Waals surface area (Å²) in [6, 6.07) is 25.1. The second-order valence-corrected chi connectivity index (χ2v) is 7.21. The zero-order valence-corrected chi connectivity index (χ0v) is 16.0. The van der Waals surface area contributed by atoms with Crippen LogP contribution in [0.15, 0.2) is 79.0 Å². The summed E-state index contributed by atoms with van der Waals surface area (Å²) in [5.41, 5.74) is 5.24. The zero-order chi connectivity index (χ0) is 19.5. The third kappa shape index (κ3) is 3.91. The lowest BCUT2D eigenvalue weighted by atomic mass is 10.0. The Bertz CT molecular complexity index is 1110. The van der Waals surface area contributed by atoms with Crippen LogP contribution in [-0.2, 0) is 4.74 Å². The number of rotatable bonds is 5. The number of nitrogens with one attached hydrogen (secondary N) is 2. The van der Waals surface area contributed by atoms with Gasteiger partial charge in [-0.25, -0.2) is 9.97 Å². The van der Waals surface area contributed by atoms with Crippen LogP contribution in [0, 0.1) is 0 Å². The van der Waals surface area contributed by atoms with Crippen LogP contribution in [0.4, 0.5) is 17.3 Å². The lowest BCUT2D eigenvalue weighted by Crippen LogP contribution is -2.18. The monoisotopic (exact) mass is 382 g/mol. The van der Waals surface area contributed by atoms with Crippen LogP contribution in [-0.4, -0.2) is 29.2 Å². The van der Waals surface area contributed by atoms with E-state index in [1.165, 1.54) is 0 Å². The summed E-state index contributed by atoms with van der Waals surface area (Å²) >= 11 is 0. The summed E-state index contributed by atoms with van der Waals surface area (Å²) in [7, 11) is 0. The van der Waals surface area contributed by atoms with E-state index >= 15 is 0 Å². The van der Waals surface area contributed by atoms with Gasteiger partial charge >= 0.3 is 0 Å². The topological polar surface area (TPSA) is 59.1 Å². The van der Waals surface area contributed by atoms with Gasteiger partial charge in [0.2, 0.25) is 5.95 Å². The molecular weight excluding hydrogens is 360 g/mol. The van der Waals surface area contributed by atoms with E-state index in [4.69, 9.17) is 9.72 Å². The number of hydrogen-bond donors (Lipinski definition) is 2. The molecule has 1 fully saturated rings. The third-order valence-corrected chi connectivity index (χ3v) is 5.14. The van der Waals surface area contributed by atoms with E-state index in [-0.39, 0.29) is 0 Å². The van der Waals surface area contributed by atoms with Gasteiger partial charge in [-0.15, -0.1) is 0 Å². The second kappa shape index (κ2) is 7.89. The first-order valence-electron chi connectivity index (χ1n) is 9.88. The smallest absolute Gasteiger partial charge is 0.227 e. The molecule has 0 amide bonds. The first-order chi connectivity index (χ1) is 14.3. The van der Waals surface area contributed by atoms with Gasteiger partial charge in [0.25, 0.3) is 0 Å². The number of aromatic nitrogens is 2. The Morgan fingerprint density at radius 3 is 2.48 bits per heavy atom. The predicted octanol–water partition coefficient (Wildman–Crippen LogP) is 5.24. The van der Waals surface area contributed by atoms with Crippen LogP contribution in [0.3, 0.4) is 0 Å². The Balaban J connectivity index is 1.39. The highest BCUT2D eigenvalue weighted by Crippen LogP contribution is 2.28. The van der Waals surface area contributed by atoms with Crippen molar-refractivity contribution in [1.82, 2.24) is 9.97 Å². The molecular formula is C24H22N4O. The maximum Gasteiger partial charge on any atom is 0.227 e. The lowest BCUT2D eigenvalue weighted by Gasteiger charge is -2.13. The minimum Gasteiger partial charge on any atom is -0.380 e. The fourth-order valence-corrected chi connectivity index (χ4v) is 3.63. The molecule has 144 valence electrons. The molecule has 4 aromatic rings. The summed E-state index contributed by atoms with van der Waals surface area (Å²) in [6.45, 7) is 1.61. The van der Waals surface area contributed by atoms with Crippen molar-refractivity contribution in [2.45, 2.75) is 12.5 Å². The molecule has 29 heavy (non-hydrogen) atoms. The first-order valence-corrected chi connectivity index (χ1v) is 9.88. The molecule has 0 bridgehead atoms. The van der Waals surface area contributed by atoms with E-state index in [1.54, 1.807) is 0 Å². The van der Waals surface area contributed by atoms with Crippen molar-refractivity contribution >= 4 is 28.2 Å². The number of nitrogens with zero attached hydrogens (tertiary/aromatic N) is 2. The van der Waals surface area contributed by atoms with Crippen molar-refractivity contribution in [3.8, 4) is 11.1 Å². The number of para-hydroxylation sites is 1. The summed E-state index contributed by atoms with van der Waals surface area (Å²) < 4.78 is 5.42. The zero-order valence-electron chi connectivity index (χ0n) is 16.0. The second-order valence-electron chi connectivity index (χ2n) is 7.21. The van der Waals surface area contributed by atoms with Crippen molar-refractivity contribution in [1.29, 1.82) is 0 Å². The summed E-state index contributed by atoms with van der Waals surface area (Å²) in [6.07, 6.45) is 2.92. The largest absolute Gasteiger partial charge is 0.380 e. The Kier molecular flexibility index (Phi) is 4.80. The SMILES string of the molecule is c1ccc(-c2cccc3cnc(Nc4ccc(NC5CCOC5)cc4)nc23)cc1. The Morgan fingerprint density at radius 2 is 1.69 bits per heavy atom. The van der Waals surface area contributed by atoms with Gasteiger partial charge in [-0.3, -0.25) is 0 Å². The van der Waals surface area contributed by atoms with Gasteiger partial charge in [0.1, 0.15) is 0 Å². The highest BCUT2D eigenvalue weighted by atomic mass is 16.5. The van der Waals surface area contributed by atoms with Gasteiger partial charge in [-0.1, -0.05) is 48.5 Å². The number of benzene rings is 3. The fraction of sp³-hybridized carbons (Fsp3) is 0.167. The molecule has 0 aliphatic carbocycles. The van der Waals surface area contributed by atoms with Crippen molar-refractivity contribution in [3.05, 3.63) is 79.0 Å². The average Bonchev–Trinajstić information content (AvgIpc) is 3.28. The molecule has 2 N–H and O–H groups in total. The first kappa shape index (κ1) is 17.6. The van der Waals surface area contributed by atoms with Gasteiger partial charge in [0.05, 0.1) is 18.2 Å². The highest BCUT2D eigenvalue weighted by Gasteiger charge is 2.14.